The third kappa shape index (κ3) is 2.32. The standard InChI is InChI=1S/C20H14FN3O/c21-15-5-3-13(4-6-15)18-19-16(2-1-9-23-19)24(17-12-25-17)20(18)14-7-10-22-11-8-14/h1-11,17H,12H2. The third-order valence-electron chi connectivity index (χ3n) is 4.45. The Balaban J connectivity index is 1.90. The smallest absolute Gasteiger partial charge is 0.158 e. The highest BCUT2D eigenvalue weighted by molar-refractivity contribution is 6.02. The zero-order valence-corrected chi connectivity index (χ0v) is 13.3. The molecule has 0 aliphatic carbocycles. The van der Waals surface area contributed by atoms with Gasteiger partial charge in [-0.05, 0) is 42.0 Å². The number of ether oxygens (including phenoxy) is 1. The molecule has 0 N–H and O–H groups in total. The number of nitrogens with zero attached hydrogens (tertiary/aromatic N) is 3. The van der Waals surface area contributed by atoms with Gasteiger partial charge >= 0.3 is 0 Å². The molecule has 1 fully saturated rings. The van der Waals surface area contributed by atoms with Crippen LogP contribution in [0.1, 0.15) is 6.23 Å². The molecule has 0 amide bonds. The van der Waals surface area contributed by atoms with Crippen molar-refractivity contribution in [2.75, 3.05) is 6.61 Å². The van der Waals surface area contributed by atoms with Gasteiger partial charge in [0, 0.05) is 29.7 Å². The minimum Gasteiger partial charge on any atom is -0.351 e. The largest absolute Gasteiger partial charge is 0.351 e. The van der Waals surface area contributed by atoms with Crippen molar-refractivity contribution in [2.45, 2.75) is 6.23 Å². The summed E-state index contributed by atoms with van der Waals surface area (Å²) < 4.78 is 21.2. The van der Waals surface area contributed by atoms with Crippen molar-refractivity contribution < 1.29 is 9.13 Å². The van der Waals surface area contributed by atoms with Gasteiger partial charge in [-0.15, -0.1) is 0 Å². The summed E-state index contributed by atoms with van der Waals surface area (Å²) in [5.74, 6) is -0.253. The molecule has 0 radical (unpaired) electrons. The molecular formula is C20H14FN3O. The van der Waals surface area contributed by atoms with Crippen molar-refractivity contribution in [2.24, 2.45) is 0 Å². The summed E-state index contributed by atoms with van der Waals surface area (Å²) in [5, 5.41) is 0. The van der Waals surface area contributed by atoms with E-state index in [2.05, 4.69) is 14.5 Å². The van der Waals surface area contributed by atoms with E-state index >= 15 is 0 Å². The SMILES string of the molecule is Fc1ccc(-c2c(-c3ccncc3)n(C3CO3)c3cccnc23)cc1. The fourth-order valence-corrected chi connectivity index (χ4v) is 3.31. The highest BCUT2D eigenvalue weighted by Gasteiger charge is 2.32. The Morgan fingerprint density at radius 2 is 1.72 bits per heavy atom. The molecule has 0 bridgehead atoms. The first-order valence-corrected chi connectivity index (χ1v) is 8.10. The number of hydrogen-bond acceptors (Lipinski definition) is 3. The van der Waals surface area contributed by atoms with E-state index in [0.29, 0.717) is 6.61 Å². The molecule has 1 unspecified atom stereocenters. The number of pyridine rings is 2. The zero-order valence-electron chi connectivity index (χ0n) is 13.3. The Kier molecular flexibility index (Phi) is 3.15. The second-order valence-corrected chi connectivity index (χ2v) is 6.00. The fourth-order valence-electron chi connectivity index (χ4n) is 3.31. The van der Waals surface area contributed by atoms with Crippen molar-refractivity contribution in [3.05, 3.63) is 72.9 Å². The molecule has 122 valence electrons. The van der Waals surface area contributed by atoms with Crippen molar-refractivity contribution in [3.8, 4) is 22.4 Å². The number of halogens is 1. The molecule has 1 atom stereocenters. The molecule has 4 aromatic rings. The number of epoxide rings is 1. The van der Waals surface area contributed by atoms with Crippen LogP contribution in [0.4, 0.5) is 4.39 Å². The summed E-state index contributed by atoms with van der Waals surface area (Å²) in [7, 11) is 0. The van der Waals surface area contributed by atoms with Gasteiger partial charge in [-0.3, -0.25) is 9.97 Å². The lowest BCUT2D eigenvalue weighted by Gasteiger charge is -2.10. The summed E-state index contributed by atoms with van der Waals surface area (Å²) in [6.45, 7) is 0.680. The van der Waals surface area contributed by atoms with Gasteiger partial charge in [0.25, 0.3) is 0 Å². The quantitative estimate of drug-likeness (QED) is 0.522. The minimum atomic E-state index is -0.253. The molecule has 3 aromatic heterocycles. The summed E-state index contributed by atoms with van der Waals surface area (Å²) in [4.78, 5) is 8.73. The topological polar surface area (TPSA) is 43.2 Å². The molecule has 4 heterocycles. The predicted octanol–water partition coefficient (Wildman–Crippen LogP) is 4.43. The molecule has 1 saturated heterocycles. The third-order valence-corrected chi connectivity index (χ3v) is 4.45. The van der Waals surface area contributed by atoms with Crippen molar-refractivity contribution in [1.82, 2.24) is 14.5 Å². The van der Waals surface area contributed by atoms with Gasteiger partial charge in [-0.1, -0.05) is 12.1 Å². The maximum Gasteiger partial charge on any atom is 0.158 e. The van der Waals surface area contributed by atoms with Gasteiger partial charge in [0.15, 0.2) is 6.23 Å². The maximum absolute atomic E-state index is 13.4. The van der Waals surface area contributed by atoms with Crippen LogP contribution in [0.5, 0.6) is 0 Å². The van der Waals surface area contributed by atoms with Crippen LogP contribution in [0.15, 0.2) is 67.1 Å². The molecule has 5 rings (SSSR count). The number of benzene rings is 1. The van der Waals surface area contributed by atoms with E-state index in [0.717, 1.165) is 33.4 Å². The Morgan fingerprint density at radius 1 is 0.960 bits per heavy atom. The number of aromatic nitrogens is 3. The van der Waals surface area contributed by atoms with Crippen molar-refractivity contribution in [3.63, 3.8) is 0 Å². The highest BCUT2D eigenvalue weighted by atomic mass is 19.1. The zero-order chi connectivity index (χ0) is 16.8. The summed E-state index contributed by atoms with van der Waals surface area (Å²) >= 11 is 0. The van der Waals surface area contributed by atoms with E-state index < -0.39 is 0 Å². The van der Waals surface area contributed by atoms with Gasteiger partial charge in [-0.2, -0.15) is 0 Å². The Bertz CT molecular complexity index is 1050. The summed E-state index contributed by atoms with van der Waals surface area (Å²) in [6, 6.07) is 14.5. The first-order valence-electron chi connectivity index (χ1n) is 8.10. The van der Waals surface area contributed by atoms with E-state index in [1.165, 1.54) is 12.1 Å². The molecule has 5 heteroatoms. The second-order valence-electron chi connectivity index (χ2n) is 6.00. The van der Waals surface area contributed by atoms with Crippen LogP contribution in [0, 0.1) is 5.82 Å². The molecule has 0 saturated carbocycles. The monoisotopic (exact) mass is 331 g/mol. The van der Waals surface area contributed by atoms with Gasteiger partial charge in [0.1, 0.15) is 5.82 Å². The lowest BCUT2D eigenvalue weighted by Crippen LogP contribution is -1.98. The van der Waals surface area contributed by atoms with Crippen LogP contribution < -0.4 is 0 Å². The predicted molar refractivity (Wildman–Crippen MR) is 93.3 cm³/mol. The molecule has 1 aromatic carbocycles. The van der Waals surface area contributed by atoms with Crippen LogP contribution >= 0.6 is 0 Å². The lowest BCUT2D eigenvalue weighted by atomic mass is 10.0. The first-order chi connectivity index (χ1) is 12.3. The van der Waals surface area contributed by atoms with Crippen molar-refractivity contribution in [1.29, 1.82) is 0 Å². The Hall–Kier alpha value is -3.05. The summed E-state index contributed by atoms with van der Waals surface area (Å²) in [5.41, 5.74) is 5.86. The van der Waals surface area contributed by atoms with Gasteiger partial charge < -0.3 is 9.30 Å². The van der Waals surface area contributed by atoms with Gasteiger partial charge in [0.2, 0.25) is 0 Å². The Morgan fingerprint density at radius 3 is 2.44 bits per heavy atom. The van der Waals surface area contributed by atoms with Crippen LogP contribution in [0.2, 0.25) is 0 Å². The second kappa shape index (κ2) is 5.50. The van der Waals surface area contributed by atoms with Crippen LogP contribution in [0.25, 0.3) is 33.4 Å². The van der Waals surface area contributed by atoms with Crippen LogP contribution in [-0.4, -0.2) is 21.1 Å². The van der Waals surface area contributed by atoms with Crippen LogP contribution in [0.3, 0.4) is 0 Å². The van der Waals surface area contributed by atoms with Gasteiger partial charge in [-0.25, -0.2) is 4.39 Å². The highest BCUT2D eigenvalue weighted by Crippen LogP contribution is 2.44. The van der Waals surface area contributed by atoms with E-state index in [9.17, 15) is 4.39 Å². The maximum atomic E-state index is 13.4. The first kappa shape index (κ1) is 14.3. The fraction of sp³-hybridized carbons (Fsp3) is 0.100. The number of rotatable bonds is 3. The lowest BCUT2D eigenvalue weighted by molar-refractivity contribution is 0.361. The normalized spacial score (nSPS) is 16.3. The van der Waals surface area contributed by atoms with E-state index in [-0.39, 0.29) is 12.0 Å². The minimum absolute atomic E-state index is 0.00376. The van der Waals surface area contributed by atoms with E-state index in [1.807, 2.05) is 24.3 Å². The Labute approximate surface area is 143 Å². The molecular weight excluding hydrogens is 317 g/mol. The van der Waals surface area contributed by atoms with Crippen molar-refractivity contribution >= 4 is 11.0 Å². The number of fused-ring (bicyclic) bond motifs is 1. The van der Waals surface area contributed by atoms with E-state index in [4.69, 9.17) is 4.74 Å². The molecule has 1 aliphatic heterocycles. The molecule has 1 aliphatic rings. The van der Waals surface area contributed by atoms with Crippen LogP contribution in [-0.2, 0) is 4.74 Å². The average Bonchev–Trinajstić information content (AvgIpc) is 3.44. The van der Waals surface area contributed by atoms with E-state index in [1.54, 1.807) is 30.7 Å². The molecule has 0 spiro atoms. The average molecular weight is 331 g/mol. The van der Waals surface area contributed by atoms with Gasteiger partial charge in [0.05, 0.1) is 23.3 Å². The number of hydrogen-bond donors (Lipinski definition) is 0. The molecule has 4 nitrogen and oxygen atoms in total. The molecule has 25 heavy (non-hydrogen) atoms. The summed E-state index contributed by atoms with van der Waals surface area (Å²) in [6.07, 6.45) is 5.33.